The molecule has 0 radical (unpaired) electrons. The average molecular weight is 277 g/mol. The molecule has 0 fully saturated rings. The second kappa shape index (κ2) is 5.64. The van der Waals surface area contributed by atoms with E-state index < -0.39 is 0 Å². The van der Waals surface area contributed by atoms with Gasteiger partial charge in [0.15, 0.2) is 5.75 Å². The van der Waals surface area contributed by atoms with Gasteiger partial charge in [0.25, 0.3) is 0 Å². The van der Waals surface area contributed by atoms with Gasteiger partial charge in [-0.2, -0.15) is 0 Å². The lowest BCUT2D eigenvalue weighted by Gasteiger charge is -2.16. The van der Waals surface area contributed by atoms with Crippen molar-refractivity contribution in [3.8, 4) is 11.5 Å². The topological polar surface area (TPSA) is 29.5 Å². The van der Waals surface area contributed by atoms with E-state index >= 15 is 0 Å². The largest absolute Gasteiger partial charge is 0.455 e. The Morgan fingerprint density at radius 2 is 1.68 bits per heavy atom. The highest BCUT2D eigenvalue weighted by Crippen LogP contribution is 2.36. The van der Waals surface area contributed by atoms with Crippen LogP contribution >= 0.6 is 11.6 Å². The third-order valence-corrected chi connectivity index (χ3v) is 3.59. The zero-order valence-corrected chi connectivity index (χ0v) is 12.1. The Labute approximate surface area is 118 Å². The predicted molar refractivity (Wildman–Crippen MR) is 78.1 cm³/mol. The van der Waals surface area contributed by atoms with Crippen LogP contribution in [0.5, 0.6) is 11.5 Å². The highest BCUT2D eigenvalue weighted by Gasteiger charge is 2.13. The van der Waals surface area contributed by atoms with Crippen LogP contribution in [0, 0.1) is 20.8 Å². The van der Waals surface area contributed by atoms with Crippen LogP contribution in [0.2, 0.25) is 5.02 Å². The minimum Gasteiger partial charge on any atom is -0.455 e. The smallest absolute Gasteiger partial charge is 0.151 e. The van der Waals surface area contributed by atoms with E-state index in [0.29, 0.717) is 16.3 Å². The first-order valence-electron chi connectivity index (χ1n) is 6.17. The molecule has 0 aliphatic carbocycles. The molecule has 0 unspecified atom stereocenters. The maximum Gasteiger partial charge on any atom is 0.151 e. The minimum atomic E-state index is -0.0974. The molecule has 0 atom stereocenters. The Kier molecular flexibility index (Phi) is 4.13. The van der Waals surface area contributed by atoms with Gasteiger partial charge in [0.05, 0.1) is 11.6 Å². The molecule has 2 aromatic rings. The molecule has 0 spiro atoms. The third-order valence-electron chi connectivity index (χ3n) is 3.30. The molecule has 0 saturated heterocycles. The van der Waals surface area contributed by atoms with Crippen LogP contribution < -0.4 is 4.74 Å². The number of para-hydroxylation sites is 1. The average Bonchev–Trinajstić information content (AvgIpc) is 2.40. The Bertz CT molecular complexity index is 606. The van der Waals surface area contributed by atoms with Gasteiger partial charge < -0.3 is 9.84 Å². The first kappa shape index (κ1) is 13.9. The van der Waals surface area contributed by atoms with Crippen molar-refractivity contribution in [3.63, 3.8) is 0 Å². The second-order valence-corrected chi connectivity index (χ2v) is 5.05. The summed E-state index contributed by atoms with van der Waals surface area (Å²) in [6, 6.07) is 9.46. The number of aliphatic hydroxyl groups is 1. The molecule has 0 aromatic heterocycles. The molecule has 0 heterocycles. The summed E-state index contributed by atoms with van der Waals surface area (Å²) < 4.78 is 5.98. The predicted octanol–water partition coefficient (Wildman–Crippen LogP) is 4.55. The van der Waals surface area contributed by atoms with E-state index in [9.17, 15) is 5.11 Å². The molecule has 0 amide bonds. The van der Waals surface area contributed by atoms with E-state index in [1.165, 1.54) is 5.56 Å². The highest BCUT2D eigenvalue weighted by molar-refractivity contribution is 6.32. The molecular weight excluding hydrogens is 260 g/mol. The fourth-order valence-electron chi connectivity index (χ4n) is 1.98. The lowest BCUT2D eigenvalue weighted by atomic mass is 10.1. The number of halogens is 1. The van der Waals surface area contributed by atoms with Crippen molar-refractivity contribution in [2.24, 2.45) is 0 Å². The Balaban J connectivity index is 2.50. The van der Waals surface area contributed by atoms with E-state index in [0.717, 1.165) is 16.9 Å². The first-order valence-corrected chi connectivity index (χ1v) is 6.55. The van der Waals surface area contributed by atoms with Gasteiger partial charge in [-0.05, 0) is 43.5 Å². The molecular formula is C16H17ClO2. The minimum absolute atomic E-state index is 0.0974. The summed E-state index contributed by atoms with van der Waals surface area (Å²) in [7, 11) is 0. The van der Waals surface area contributed by atoms with Crippen LogP contribution in [0.3, 0.4) is 0 Å². The van der Waals surface area contributed by atoms with E-state index in [-0.39, 0.29) is 6.61 Å². The summed E-state index contributed by atoms with van der Waals surface area (Å²) in [5, 5.41) is 9.88. The van der Waals surface area contributed by atoms with E-state index in [2.05, 4.69) is 6.07 Å². The van der Waals surface area contributed by atoms with Crippen molar-refractivity contribution in [1.29, 1.82) is 0 Å². The molecule has 2 aromatic carbocycles. The Morgan fingerprint density at radius 3 is 2.37 bits per heavy atom. The third kappa shape index (κ3) is 2.75. The lowest BCUT2D eigenvalue weighted by Crippen LogP contribution is -1.97. The first-order chi connectivity index (χ1) is 9.04. The number of benzene rings is 2. The van der Waals surface area contributed by atoms with Crippen molar-refractivity contribution >= 4 is 11.6 Å². The molecule has 100 valence electrons. The number of rotatable bonds is 3. The van der Waals surface area contributed by atoms with Crippen molar-refractivity contribution in [1.82, 2.24) is 0 Å². The van der Waals surface area contributed by atoms with Crippen LogP contribution in [0.15, 0.2) is 30.3 Å². The van der Waals surface area contributed by atoms with Gasteiger partial charge in [0.2, 0.25) is 0 Å². The molecule has 0 aliphatic heterocycles. The standard InChI is InChI=1S/C16H17ClO2/c1-10-7-8-11(2)15(12(10)3)19-16-13(9-18)5-4-6-14(16)17/h4-8,18H,9H2,1-3H3. The van der Waals surface area contributed by atoms with Crippen LogP contribution in [-0.4, -0.2) is 5.11 Å². The number of hydrogen-bond acceptors (Lipinski definition) is 2. The number of aliphatic hydroxyl groups excluding tert-OH is 1. The SMILES string of the molecule is Cc1ccc(C)c(Oc2c(Cl)cccc2CO)c1C. The summed E-state index contributed by atoms with van der Waals surface area (Å²) >= 11 is 6.17. The van der Waals surface area contributed by atoms with Gasteiger partial charge >= 0.3 is 0 Å². The fraction of sp³-hybridized carbons (Fsp3) is 0.250. The second-order valence-electron chi connectivity index (χ2n) is 4.64. The summed E-state index contributed by atoms with van der Waals surface area (Å²) in [6.45, 7) is 5.96. The summed E-state index contributed by atoms with van der Waals surface area (Å²) in [6.07, 6.45) is 0. The summed E-state index contributed by atoms with van der Waals surface area (Å²) in [4.78, 5) is 0. The van der Waals surface area contributed by atoms with Crippen LogP contribution in [-0.2, 0) is 6.61 Å². The number of ether oxygens (including phenoxy) is 1. The van der Waals surface area contributed by atoms with Crippen molar-refractivity contribution in [2.75, 3.05) is 0 Å². The molecule has 3 heteroatoms. The van der Waals surface area contributed by atoms with Crippen LogP contribution in [0.1, 0.15) is 22.3 Å². The normalized spacial score (nSPS) is 10.6. The Hall–Kier alpha value is -1.51. The maximum absolute atomic E-state index is 9.38. The zero-order chi connectivity index (χ0) is 14.0. The lowest BCUT2D eigenvalue weighted by molar-refractivity contribution is 0.276. The highest BCUT2D eigenvalue weighted by atomic mass is 35.5. The zero-order valence-electron chi connectivity index (χ0n) is 11.3. The van der Waals surface area contributed by atoms with Gasteiger partial charge in [-0.25, -0.2) is 0 Å². The van der Waals surface area contributed by atoms with Crippen molar-refractivity contribution in [2.45, 2.75) is 27.4 Å². The molecule has 2 rings (SSSR count). The molecule has 0 bridgehead atoms. The molecule has 0 aliphatic rings. The van der Waals surface area contributed by atoms with Gasteiger partial charge in [-0.15, -0.1) is 0 Å². The fourth-order valence-corrected chi connectivity index (χ4v) is 2.21. The van der Waals surface area contributed by atoms with Crippen molar-refractivity contribution < 1.29 is 9.84 Å². The molecule has 2 nitrogen and oxygen atoms in total. The molecule has 1 N–H and O–H groups in total. The summed E-state index contributed by atoms with van der Waals surface area (Å²) in [5.74, 6) is 1.34. The van der Waals surface area contributed by atoms with Gasteiger partial charge in [0.1, 0.15) is 5.75 Å². The monoisotopic (exact) mass is 276 g/mol. The number of aryl methyl sites for hydroxylation is 2. The van der Waals surface area contributed by atoms with E-state index in [4.69, 9.17) is 16.3 Å². The van der Waals surface area contributed by atoms with Gasteiger partial charge in [-0.1, -0.05) is 35.9 Å². The van der Waals surface area contributed by atoms with Gasteiger partial charge in [-0.3, -0.25) is 0 Å². The molecule has 0 saturated carbocycles. The summed E-state index contributed by atoms with van der Waals surface area (Å²) in [5.41, 5.74) is 3.99. The van der Waals surface area contributed by atoms with Crippen LogP contribution in [0.4, 0.5) is 0 Å². The van der Waals surface area contributed by atoms with Crippen LogP contribution in [0.25, 0.3) is 0 Å². The van der Waals surface area contributed by atoms with Crippen molar-refractivity contribution in [3.05, 3.63) is 57.6 Å². The Morgan fingerprint density at radius 1 is 1.00 bits per heavy atom. The van der Waals surface area contributed by atoms with Gasteiger partial charge in [0, 0.05) is 5.56 Å². The quantitative estimate of drug-likeness (QED) is 0.891. The van der Waals surface area contributed by atoms with E-state index in [1.54, 1.807) is 12.1 Å². The maximum atomic E-state index is 9.38. The molecule has 19 heavy (non-hydrogen) atoms. The van der Waals surface area contributed by atoms with E-state index in [1.807, 2.05) is 32.9 Å². The number of hydrogen-bond donors (Lipinski definition) is 1.